The third kappa shape index (κ3) is 2.37. The number of benzene rings is 1. The lowest BCUT2D eigenvalue weighted by Crippen LogP contribution is -2.16. The van der Waals surface area contributed by atoms with Crippen molar-refractivity contribution in [1.29, 1.82) is 0 Å². The minimum atomic E-state index is -0.994. The molecule has 0 fully saturated rings. The molecule has 2 aromatic rings. The second-order valence-electron chi connectivity index (χ2n) is 4.87. The molecule has 0 bridgehead atoms. The quantitative estimate of drug-likeness (QED) is 0.929. The maximum Gasteiger partial charge on any atom is 0.339 e. The van der Waals surface area contributed by atoms with Crippen molar-refractivity contribution in [2.45, 2.75) is 25.4 Å². The topological polar surface area (TPSA) is 59.4 Å². The van der Waals surface area contributed by atoms with Gasteiger partial charge in [-0.25, -0.2) is 4.79 Å². The van der Waals surface area contributed by atoms with E-state index >= 15 is 0 Å². The minimum absolute atomic E-state index is 0.0951. The Morgan fingerprint density at radius 1 is 1.30 bits per heavy atom. The number of carboxylic acids is 1. The molecule has 0 spiro atoms. The van der Waals surface area contributed by atoms with Gasteiger partial charge in [0.05, 0.1) is 6.20 Å². The highest BCUT2D eigenvalue weighted by atomic mass is 16.5. The van der Waals surface area contributed by atoms with Crippen molar-refractivity contribution in [3.8, 4) is 5.75 Å². The summed E-state index contributed by atoms with van der Waals surface area (Å²) in [6.45, 7) is 0. The van der Waals surface area contributed by atoms with Crippen LogP contribution in [0, 0.1) is 0 Å². The van der Waals surface area contributed by atoms with E-state index in [0.717, 1.165) is 24.8 Å². The molecule has 0 aliphatic heterocycles. The molecule has 0 saturated heterocycles. The van der Waals surface area contributed by atoms with E-state index in [-0.39, 0.29) is 11.7 Å². The Labute approximate surface area is 117 Å². The molecule has 4 nitrogen and oxygen atoms in total. The number of carbonyl (C=O) groups is 1. The van der Waals surface area contributed by atoms with Crippen molar-refractivity contribution in [2.24, 2.45) is 0 Å². The van der Waals surface area contributed by atoms with Crippen LogP contribution in [-0.2, 0) is 6.42 Å². The molecule has 0 saturated carbocycles. The van der Waals surface area contributed by atoms with Crippen LogP contribution in [0.15, 0.2) is 42.7 Å². The number of aryl methyl sites for hydroxylation is 1. The van der Waals surface area contributed by atoms with Crippen molar-refractivity contribution < 1.29 is 14.6 Å². The van der Waals surface area contributed by atoms with Crippen LogP contribution in [0.1, 0.15) is 40.4 Å². The first-order chi connectivity index (χ1) is 9.75. The van der Waals surface area contributed by atoms with Crippen LogP contribution in [-0.4, -0.2) is 16.1 Å². The summed E-state index contributed by atoms with van der Waals surface area (Å²) in [4.78, 5) is 15.2. The fourth-order valence-corrected chi connectivity index (χ4v) is 2.64. The first kappa shape index (κ1) is 12.7. The van der Waals surface area contributed by atoms with Crippen molar-refractivity contribution in [3.63, 3.8) is 0 Å². The smallest absolute Gasteiger partial charge is 0.339 e. The molecule has 1 aromatic heterocycles. The zero-order valence-corrected chi connectivity index (χ0v) is 11.0. The molecule has 1 heterocycles. The first-order valence-electron chi connectivity index (χ1n) is 6.67. The van der Waals surface area contributed by atoms with E-state index in [9.17, 15) is 9.90 Å². The molecule has 20 heavy (non-hydrogen) atoms. The van der Waals surface area contributed by atoms with E-state index in [1.54, 1.807) is 0 Å². The summed E-state index contributed by atoms with van der Waals surface area (Å²) >= 11 is 0. The lowest BCUT2D eigenvalue weighted by atomic mass is 9.89. The van der Waals surface area contributed by atoms with E-state index in [1.807, 2.05) is 12.1 Å². The van der Waals surface area contributed by atoms with Gasteiger partial charge < -0.3 is 9.84 Å². The fraction of sp³-hybridized carbons (Fsp3) is 0.250. The Morgan fingerprint density at radius 2 is 2.15 bits per heavy atom. The summed E-state index contributed by atoms with van der Waals surface area (Å²) in [6.07, 6.45) is 5.83. The number of rotatable bonds is 3. The highest BCUT2D eigenvalue weighted by molar-refractivity contribution is 5.90. The maximum atomic E-state index is 11.2. The van der Waals surface area contributed by atoms with Gasteiger partial charge >= 0.3 is 5.97 Å². The average Bonchev–Trinajstić information content (AvgIpc) is 2.48. The molecule has 1 atom stereocenters. The molecule has 102 valence electrons. The van der Waals surface area contributed by atoms with Crippen molar-refractivity contribution in [1.82, 2.24) is 4.98 Å². The second-order valence-corrected chi connectivity index (χ2v) is 4.87. The summed E-state index contributed by atoms with van der Waals surface area (Å²) < 4.78 is 5.93. The van der Waals surface area contributed by atoms with Crippen LogP contribution in [0.3, 0.4) is 0 Å². The Balaban J connectivity index is 1.92. The number of aromatic carboxylic acids is 1. The number of carboxylic acid groups (broad SMARTS) is 1. The van der Waals surface area contributed by atoms with Crippen LogP contribution in [0.5, 0.6) is 5.75 Å². The number of hydrogen-bond acceptors (Lipinski definition) is 3. The number of aromatic nitrogens is 1. The summed E-state index contributed by atoms with van der Waals surface area (Å²) in [6, 6.07) is 9.63. The molecular formula is C16H15NO3. The highest BCUT2D eigenvalue weighted by Gasteiger charge is 2.23. The molecule has 1 aliphatic rings. The van der Waals surface area contributed by atoms with Crippen molar-refractivity contribution in [3.05, 3.63) is 59.4 Å². The molecule has 0 amide bonds. The molecule has 0 radical (unpaired) electrons. The maximum absolute atomic E-state index is 11.2. The van der Waals surface area contributed by atoms with Gasteiger partial charge in [0, 0.05) is 6.20 Å². The Kier molecular flexibility index (Phi) is 3.37. The van der Waals surface area contributed by atoms with E-state index in [0.29, 0.717) is 5.75 Å². The zero-order valence-electron chi connectivity index (χ0n) is 11.0. The second kappa shape index (κ2) is 5.33. The van der Waals surface area contributed by atoms with Gasteiger partial charge in [0.25, 0.3) is 0 Å². The van der Waals surface area contributed by atoms with E-state index in [1.165, 1.54) is 24.0 Å². The lowest BCUT2D eigenvalue weighted by Gasteiger charge is -2.26. The van der Waals surface area contributed by atoms with Crippen LogP contribution < -0.4 is 4.74 Å². The molecule has 1 aliphatic carbocycles. The Morgan fingerprint density at radius 3 is 3.00 bits per heavy atom. The van der Waals surface area contributed by atoms with Gasteiger partial charge in [0.1, 0.15) is 11.7 Å². The highest BCUT2D eigenvalue weighted by Crippen LogP contribution is 2.34. The molecule has 1 N–H and O–H groups in total. The monoisotopic (exact) mass is 269 g/mol. The van der Waals surface area contributed by atoms with Crippen molar-refractivity contribution >= 4 is 5.97 Å². The van der Waals surface area contributed by atoms with E-state index in [2.05, 4.69) is 17.1 Å². The van der Waals surface area contributed by atoms with Gasteiger partial charge in [-0.05, 0) is 36.5 Å². The normalized spacial score (nSPS) is 17.3. The van der Waals surface area contributed by atoms with Crippen molar-refractivity contribution in [2.75, 3.05) is 0 Å². The minimum Gasteiger partial charge on any atom is -0.483 e. The summed E-state index contributed by atoms with van der Waals surface area (Å²) in [7, 11) is 0. The number of pyridine rings is 1. The fourth-order valence-electron chi connectivity index (χ4n) is 2.64. The number of ether oxygens (including phenoxy) is 1. The van der Waals surface area contributed by atoms with Gasteiger partial charge in [-0.3, -0.25) is 4.98 Å². The first-order valence-corrected chi connectivity index (χ1v) is 6.67. The Hall–Kier alpha value is -2.36. The molecule has 1 unspecified atom stereocenters. The van der Waals surface area contributed by atoms with Crippen LogP contribution >= 0.6 is 0 Å². The van der Waals surface area contributed by atoms with Gasteiger partial charge in [-0.2, -0.15) is 0 Å². The molecule has 3 rings (SSSR count). The lowest BCUT2D eigenvalue weighted by molar-refractivity contribution is 0.0687. The van der Waals surface area contributed by atoms with Crippen LogP contribution in [0.2, 0.25) is 0 Å². The molecule has 4 heteroatoms. The summed E-state index contributed by atoms with van der Waals surface area (Å²) in [5.41, 5.74) is 2.59. The SMILES string of the molecule is O=C(O)c1ccncc1OC1CCCc2ccccc21. The van der Waals surface area contributed by atoms with Crippen LogP contribution in [0.25, 0.3) is 0 Å². The average molecular weight is 269 g/mol. The zero-order chi connectivity index (χ0) is 13.9. The standard InChI is InChI=1S/C16H15NO3/c18-16(19)13-8-9-17-10-15(13)20-14-7-3-5-11-4-1-2-6-12(11)14/h1-2,4,6,8-10,14H,3,5,7H2,(H,18,19). The third-order valence-corrected chi connectivity index (χ3v) is 3.60. The van der Waals surface area contributed by atoms with Gasteiger partial charge in [0.15, 0.2) is 5.75 Å². The third-order valence-electron chi connectivity index (χ3n) is 3.60. The van der Waals surface area contributed by atoms with Crippen LogP contribution in [0.4, 0.5) is 0 Å². The van der Waals surface area contributed by atoms with Gasteiger partial charge in [-0.15, -0.1) is 0 Å². The summed E-state index contributed by atoms with van der Waals surface area (Å²) in [5, 5.41) is 9.18. The number of nitrogens with zero attached hydrogens (tertiary/aromatic N) is 1. The van der Waals surface area contributed by atoms with Gasteiger partial charge in [-0.1, -0.05) is 24.3 Å². The van der Waals surface area contributed by atoms with E-state index in [4.69, 9.17) is 4.74 Å². The number of fused-ring (bicyclic) bond motifs is 1. The van der Waals surface area contributed by atoms with E-state index < -0.39 is 5.97 Å². The predicted octanol–water partition coefficient (Wildman–Crippen LogP) is 3.24. The predicted molar refractivity (Wildman–Crippen MR) is 73.9 cm³/mol. The molecule has 1 aromatic carbocycles. The summed E-state index contributed by atoms with van der Waals surface area (Å²) in [5.74, 6) is -0.659. The Bertz CT molecular complexity index is 639. The van der Waals surface area contributed by atoms with Gasteiger partial charge in [0.2, 0.25) is 0 Å². The molecular weight excluding hydrogens is 254 g/mol. The largest absolute Gasteiger partial charge is 0.483 e. The number of hydrogen-bond donors (Lipinski definition) is 1.